The van der Waals surface area contributed by atoms with E-state index >= 15 is 0 Å². The molecule has 0 aliphatic rings. The molecule has 0 aromatic carbocycles. The molecule has 3 heterocycles. The first-order valence-electron chi connectivity index (χ1n) is 7.01. The Kier molecular flexibility index (Phi) is 5.02. The minimum atomic E-state index is 0.0920. The molecule has 3 aromatic rings. The van der Waals surface area contributed by atoms with E-state index < -0.39 is 0 Å². The summed E-state index contributed by atoms with van der Waals surface area (Å²) >= 11 is 5.04. The monoisotopic (exact) mass is 348 g/mol. The Balaban J connectivity index is 1.48. The maximum atomic E-state index is 11.8. The number of thiazole rings is 1. The molecule has 0 aliphatic heterocycles. The van der Waals surface area contributed by atoms with Gasteiger partial charge in [-0.1, -0.05) is 6.07 Å². The molecule has 3 aromatic heterocycles. The maximum absolute atomic E-state index is 11.8. The van der Waals surface area contributed by atoms with Gasteiger partial charge in [0.25, 0.3) is 0 Å². The average molecular weight is 349 g/mol. The SMILES string of the molecule is Cc1nc(-c2ccc(CCNC(=O)Cc3cccs3)s2)cs1. The second-order valence-electron chi connectivity index (χ2n) is 4.87. The molecule has 0 fully saturated rings. The summed E-state index contributed by atoms with van der Waals surface area (Å²) in [6, 6.07) is 8.20. The molecule has 6 heteroatoms. The standard InChI is InChI=1S/C16H16N2OS3/c1-11-18-14(10-21-11)15-5-4-12(22-15)6-7-17-16(19)9-13-3-2-8-20-13/h2-5,8,10H,6-7,9H2,1H3,(H,17,19). The van der Waals surface area contributed by atoms with Crippen LogP contribution in [-0.2, 0) is 17.6 Å². The number of amides is 1. The number of rotatable bonds is 6. The second kappa shape index (κ2) is 7.17. The van der Waals surface area contributed by atoms with Crippen LogP contribution in [0, 0.1) is 6.92 Å². The number of nitrogens with one attached hydrogen (secondary N) is 1. The topological polar surface area (TPSA) is 42.0 Å². The lowest BCUT2D eigenvalue weighted by Gasteiger charge is -2.02. The van der Waals surface area contributed by atoms with Gasteiger partial charge in [-0.3, -0.25) is 4.79 Å². The van der Waals surface area contributed by atoms with Crippen molar-refractivity contribution >= 4 is 39.9 Å². The van der Waals surface area contributed by atoms with Gasteiger partial charge in [0.2, 0.25) is 5.91 Å². The summed E-state index contributed by atoms with van der Waals surface area (Å²) in [5.41, 5.74) is 1.06. The fourth-order valence-corrected chi connectivity index (χ4v) is 4.44. The van der Waals surface area contributed by atoms with Crippen LogP contribution in [-0.4, -0.2) is 17.4 Å². The predicted molar refractivity (Wildman–Crippen MR) is 94.9 cm³/mol. The molecule has 0 aliphatic carbocycles. The van der Waals surface area contributed by atoms with E-state index in [0.29, 0.717) is 13.0 Å². The van der Waals surface area contributed by atoms with E-state index in [1.54, 1.807) is 34.0 Å². The summed E-state index contributed by atoms with van der Waals surface area (Å²) in [5.74, 6) is 0.0920. The first-order chi connectivity index (χ1) is 10.7. The van der Waals surface area contributed by atoms with Crippen molar-refractivity contribution in [1.29, 1.82) is 0 Å². The Morgan fingerprint density at radius 1 is 1.23 bits per heavy atom. The van der Waals surface area contributed by atoms with E-state index in [1.165, 1.54) is 9.75 Å². The fraction of sp³-hybridized carbons (Fsp3) is 0.250. The van der Waals surface area contributed by atoms with Gasteiger partial charge in [-0.15, -0.1) is 34.0 Å². The van der Waals surface area contributed by atoms with Gasteiger partial charge >= 0.3 is 0 Å². The van der Waals surface area contributed by atoms with Gasteiger partial charge in [0.05, 0.1) is 22.0 Å². The van der Waals surface area contributed by atoms with E-state index in [4.69, 9.17) is 0 Å². The van der Waals surface area contributed by atoms with Gasteiger partial charge in [0.15, 0.2) is 0 Å². The van der Waals surface area contributed by atoms with Crippen LogP contribution >= 0.6 is 34.0 Å². The highest BCUT2D eigenvalue weighted by Crippen LogP contribution is 2.29. The van der Waals surface area contributed by atoms with E-state index in [9.17, 15) is 4.79 Å². The zero-order valence-corrected chi connectivity index (χ0v) is 14.6. The number of aromatic nitrogens is 1. The molecule has 0 atom stereocenters. The molecule has 0 saturated heterocycles. The van der Waals surface area contributed by atoms with Crippen LogP contribution in [0.15, 0.2) is 35.0 Å². The summed E-state index contributed by atoms with van der Waals surface area (Å²) < 4.78 is 0. The summed E-state index contributed by atoms with van der Waals surface area (Å²) in [5, 5.41) is 8.16. The highest BCUT2D eigenvalue weighted by molar-refractivity contribution is 7.16. The van der Waals surface area contributed by atoms with Crippen molar-refractivity contribution in [2.75, 3.05) is 6.54 Å². The number of thiophene rings is 2. The van der Waals surface area contributed by atoms with E-state index in [1.807, 2.05) is 24.4 Å². The van der Waals surface area contributed by atoms with Gasteiger partial charge in [0.1, 0.15) is 0 Å². The minimum absolute atomic E-state index is 0.0920. The van der Waals surface area contributed by atoms with Gasteiger partial charge in [0, 0.05) is 21.7 Å². The van der Waals surface area contributed by atoms with Crippen LogP contribution in [0.2, 0.25) is 0 Å². The molecule has 22 heavy (non-hydrogen) atoms. The summed E-state index contributed by atoms with van der Waals surface area (Å²) in [4.78, 5) is 19.9. The predicted octanol–water partition coefficient (Wildman–Crippen LogP) is 4.14. The highest BCUT2D eigenvalue weighted by atomic mass is 32.1. The van der Waals surface area contributed by atoms with Crippen molar-refractivity contribution in [3.8, 4) is 10.6 Å². The Bertz CT molecular complexity index is 743. The lowest BCUT2D eigenvalue weighted by atomic mass is 10.3. The van der Waals surface area contributed by atoms with E-state index in [-0.39, 0.29) is 5.91 Å². The van der Waals surface area contributed by atoms with Crippen molar-refractivity contribution in [2.24, 2.45) is 0 Å². The Morgan fingerprint density at radius 2 is 2.14 bits per heavy atom. The second-order valence-corrected chi connectivity index (χ2v) is 8.14. The molecule has 3 nitrogen and oxygen atoms in total. The number of carbonyl (C=O) groups is 1. The van der Waals surface area contributed by atoms with Crippen LogP contribution in [0.1, 0.15) is 14.8 Å². The zero-order chi connectivity index (χ0) is 15.4. The molecular formula is C16H16N2OS3. The van der Waals surface area contributed by atoms with E-state index in [2.05, 4.69) is 27.8 Å². The quantitative estimate of drug-likeness (QED) is 0.727. The molecule has 3 rings (SSSR count). The lowest BCUT2D eigenvalue weighted by molar-refractivity contribution is -0.120. The Hall–Kier alpha value is -1.50. The molecule has 0 unspecified atom stereocenters. The number of aryl methyl sites for hydroxylation is 1. The van der Waals surface area contributed by atoms with Crippen molar-refractivity contribution in [3.05, 3.63) is 49.8 Å². The van der Waals surface area contributed by atoms with Gasteiger partial charge in [-0.05, 0) is 36.9 Å². The number of hydrogen-bond donors (Lipinski definition) is 1. The Labute approximate surface area is 141 Å². The average Bonchev–Trinajstić information content (AvgIpc) is 3.20. The van der Waals surface area contributed by atoms with Crippen molar-refractivity contribution in [3.63, 3.8) is 0 Å². The highest BCUT2D eigenvalue weighted by Gasteiger charge is 2.07. The fourth-order valence-electron chi connectivity index (χ4n) is 2.09. The van der Waals surface area contributed by atoms with Crippen molar-refractivity contribution < 1.29 is 4.79 Å². The third-order valence-corrected chi connectivity index (χ3v) is 5.96. The number of carbonyl (C=O) groups excluding carboxylic acids is 1. The number of nitrogens with zero attached hydrogens (tertiary/aromatic N) is 1. The van der Waals surface area contributed by atoms with Gasteiger partial charge in [-0.25, -0.2) is 4.98 Å². The molecule has 0 saturated carbocycles. The zero-order valence-electron chi connectivity index (χ0n) is 12.2. The molecule has 1 N–H and O–H groups in total. The van der Waals surface area contributed by atoms with Crippen LogP contribution in [0.5, 0.6) is 0 Å². The maximum Gasteiger partial charge on any atom is 0.225 e. The van der Waals surface area contributed by atoms with Crippen molar-refractivity contribution in [1.82, 2.24) is 10.3 Å². The normalized spacial score (nSPS) is 10.8. The van der Waals surface area contributed by atoms with Crippen LogP contribution in [0.4, 0.5) is 0 Å². The van der Waals surface area contributed by atoms with Crippen molar-refractivity contribution in [2.45, 2.75) is 19.8 Å². The largest absolute Gasteiger partial charge is 0.355 e. The summed E-state index contributed by atoms with van der Waals surface area (Å²) in [6.45, 7) is 2.70. The summed E-state index contributed by atoms with van der Waals surface area (Å²) in [6.07, 6.45) is 1.34. The molecule has 0 spiro atoms. The first-order valence-corrected chi connectivity index (χ1v) is 9.58. The number of hydrogen-bond acceptors (Lipinski definition) is 5. The van der Waals surface area contributed by atoms with Crippen LogP contribution in [0.25, 0.3) is 10.6 Å². The lowest BCUT2D eigenvalue weighted by Crippen LogP contribution is -2.26. The van der Waals surface area contributed by atoms with Crippen LogP contribution in [0.3, 0.4) is 0 Å². The van der Waals surface area contributed by atoms with Gasteiger partial charge < -0.3 is 5.32 Å². The third-order valence-electron chi connectivity index (χ3n) is 3.14. The molecule has 0 radical (unpaired) electrons. The molecule has 0 bridgehead atoms. The molecular weight excluding hydrogens is 332 g/mol. The molecule has 114 valence electrons. The third kappa shape index (κ3) is 4.03. The first kappa shape index (κ1) is 15.4. The molecule has 1 amide bonds. The minimum Gasteiger partial charge on any atom is -0.355 e. The van der Waals surface area contributed by atoms with Gasteiger partial charge in [-0.2, -0.15) is 0 Å². The van der Waals surface area contributed by atoms with Crippen LogP contribution < -0.4 is 5.32 Å². The summed E-state index contributed by atoms with van der Waals surface area (Å²) in [7, 11) is 0. The van der Waals surface area contributed by atoms with E-state index in [0.717, 1.165) is 22.0 Å². The Morgan fingerprint density at radius 3 is 2.86 bits per heavy atom. The smallest absolute Gasteiger partial charge is 0.225 e.